The van der Waals surface area contributed by atoms with Crippen molar-refractivity contribution in [2.24, 2.45) is 13.0 Å². The molecule has 0 radical (unpaired) electrons. The number of aliphatic hydroxyl groups is 1. The van der Waals surface area contributed by atoms with Crippen LogP contribution >= 0.6 is 11.8 Å². The predicted molar refractivity (Wildman–Crippen MR) is 180 cm³/mol. The van der Waals surface area contributed by atoms with Crippen LogP contribution in [0.4, 0.5) is 4.79 Å². The fourth-order valence-corrected chi connectivity index (χ4v) is 6.57. The van der Waals surface area contributed by atoms with Crippen LogP contribution in [0.2, 0.25) is 0 Å². The van der Waals surface area contributed by atoms with E-state index in [9.17, 15) is 9.90 Å². The van der Waals surface area contributed by atoms with Crippen molar-refractivity contribution in [2.45, 2.75) is 50.3 Å². The van der Waals surface area contributed by atoms with Crippen LogP contribution in [-0.2, 0) is 36.2 Å². The molecule has 2 heterocycles. The topological polar surface area (TPSA) is 123 Å². The van der Waals surface area contributed by atoms with Crippen molar-refractivity contribution < 1.29 is 19.4 Å². The molecule has 1 aromatic heterocycles. The molecule has 0 spiro atoms. The summed E-state index contributed by atoms with van der Waals surface area (Å²) in [4.78, 5) is 12.4. The lowest BCUT2D eigenvalue weighted by Crippen LogP contribution is -2.38. The number of benzene rings is 4. The minimum atomic E-state index is -0.602. The number of ether oxygens (including phenoxy) is 2. The Morgan fingerprint density at radius 2 is 1.53 bits per heavy atom. The van der Waals surface area contributed by atoms with Gasteiger partial charge in [-0.2, -0.15) is 0 Å². The van der Waals surface area contributed by atoms with E-state index in [1.165, 1.54) is 0 Å². The third kappa shape index (κ3) is 8.25. The van der Waals surface area contributed by atoms with Gasteiger partial charge in [-0.25, -0.2) is 9.48 Å². The predicted octanol–water partition coefficient (Wildman–Crippen LogP) is 5.95. The maximum Gasteiger partial charge on any atom is 0.315 e. The number of tetrazole rings is 1. The van der Waals surface area contributed by atoms with Crippen molar-refractivity contribution in [3.8, 4) is 11.1 Å². The highest BCUT2D eigenvalue weighted by molar-refractivity contribution is 7.99. The first-order chi connectivity index (χ1) is 23.0. The molecule has 1 fully saturated rings. The molecule has 0 unspecified atom stereocenters. The van der Waals surface area contributed by atoms with Crippen LogP contribution in [0, 0.1) is 5.92 Å². The number of hydrogen-bond donors (Lipinski definition) is 3. The van der Waals surface area contributed by atoms with Crippen molar-refractivity contribution in [3.05, 3.63) is 131 Å². The van der Waals surface area contributed by atoms with E-state index in [-0.39, 0.29) is 30.8 Å². The lowest BCUT2D eigenvalue weighted by Gasteiger charge is -2.41. The molecule has 6 rings (SSSR count). The van der Waals surface area contributed by atoms with Crippen LogP contribution in [0.15, 0.2) is 108 Å². The number of rotatable bonds is 11. The lowest BCUT2D eigenvalue weighted by molar-refractivity contribution is -0.268. The number of carbonyl (C=O) groups excluding carboxylic acids is 1. The molecule has 1 aliphatic rings. The zero-order valence-electron chi connectivity index (χ0n) is 26.3. The van der Waals surface area contributed by atoms with Gasteiger partial charge in [-0.15, -0.1) is 5.10 Å². The molecule has 0 bridgehead atoms. The van der Waals surface area contributed by atoms with E-state index < -0.39 is 6.29 Å². The molecule has 0 aliphatic carbocycles. The summed E-state index contributed by atoms with van der Waals surface area (Å²) in [6.07, 6.45) is -0.977. The van der Waals surface area contributed by atoms with Gasteiger partial charge in [0.05, 0.1) is 18.8 Å². The highest BCUT2D eigenvalue weighted by atomic mass is 32.2. The summed E-state index contributed by atoms with van der Waals surface area (Å²) in [5.41, 5.74) is 6.87. The summed E-state index contributed by atoms with van der Waals surface area (Å²) in [5.74, 6) is 0.686. The summed E-state index contributed by atoms with van der Waals surface area (Å²) < 4.78 is 15.0. The number of nitrogens with zero attached hydrogens (tertiary/aromatic N) is 4. The van der Waals surface area contributed by atoms with Crippen LogP contribution < -0.4 is 10.6 Å². The second-order valence-electron chi connectivity index (χ2n) is 11.6. The van der Waals surface area contributed by atoms with Crippen molar-refractivity contribution in [1.82, 2.24) is 30.8 Å². The average molecular weight is 651 g/mol. The molecule has 2 amide bonds. The zero-order valence-corrected chi connectivity index (χ0v) is 27.1. The Kier molecular flexibility index (Phi) is 10.6. The number of thioether (sulfide) groups is 1. The average Bonchev–Trinajstić information content (AvgIpc) is 3.54. The number of carbonyl (C=O) groups is 1. The van der Waals surface area contributed by atoms with Crippen LogP contribution in [0.3, 0.4) is 0 Å². The Morgan fingerprint density at radius 1 is 0.830 bits per heavy atom. The molecule has 10 nitrogen and oxygen atoms in total. The fraction of sp³-hybridized carbons (Fsp3) is 0.278. The van der Waals surface area contributed by atoms with Crippen molar-refractivity contribution >= 4 is 17.8 Å². The Morgan fingerprint density at radius 3 is 2.26 bits per heavy atom. The van der Waals surface area contributed by atoms with Gasteiger partial charge in [0.1, 0.15) is 0 Å². The first-order valence-corrected chi connectivity index (χ1v) is 16.6. The van der Waals surface area contributed by atoms with Gasteiger partial charge in [0, 0.05) is 37.4 Å². The smallest absolute Gasteiger partial charge is 0.315 e. The van der Waals surface area contributed by atoms with Gasteiger partial charge in [0.2, 0.25) is 5.16 Å². The molecule has 4 aromatic carbocycles. The second kappa shape index (κ2) is 15.4. The van der Waals surface area contributed by atoms with Gasteiger partial charge in [-0.3, -0.25) is 0 Å². The number of aryl methyl sites for hydroxylation is 1. The molecule has 3 N–H and O–H groups in total. The maximum absolute atomic E-state index is 12.4. The molecular formula is C36H38N6O4S. The zero-order chi connectivity index (χ0) is 32.6. The molecule has 1 saturated heterocycles. The summed E-state index contributed by atoms with van der Waals surface area (Å²) in [6, 6.07) is 33.8. The van der Waals surface area contributed by atoms with Gasteiger partial charge >= 0.3 is 6.03 Å². The molecule has 5 aromatic rings. The van der Waals surface area contributed by atoms with Crippen LogP contribution in [-0.4, -0.2) is 43.2 Å². The summed E-state index contributed by atoms with van der Waals surface area (Å²) in [5, 5.41) is 28.0. The molecule has 4 atom stereocenters. The Bertz CT molecular complexity index is 1770. The molecule has 47 heavy (non-hydrogen) atoms. The largest absolute Gasteiger partial charge is 0.392 e. The number of amides is 2. The Balaban J connectivity index is 1.17. The van der Waals surface area contributed by atoms with Crippen LogP contribution in [0.5, 0.6) is 0 Å². The number of hydrogen-bond acceptors (Lipinski definition) is 8. The van der Waals surface area contributed by atoms with E-state index in [2.05, 4.69) is 57.3 Å². The molecule has 11 heteroatoms. The SMILES string of the molecule is C[C@H]1[C@@H](CSc2nnnn2C)O[C@@H](c2cccc(-c3cccc(CNC(=O)NCc4ccccc4)c3)c2)O[C@H]1c1ccc(CO)cc1. The van der Waals surface area contributed by atoms with Gasteiger partial charge < -0.3 is 25.2 Å². The fourth-order valence-electron chi connectivity index (χ4n) is 5.56. The monoisotopic (exact) mass is 650 g/mol. The van der Waals surface area contributed by atoms with E-state index in [1.807, 2.05) is 85.9 Å². The van der Waals surface area contributed by atoms with Crippen LogP contribution in [0.25, 0.3) is 11.1 Å². The van der Waals surface area contributed by atoms with E-state index in [1.54, 1.807) is 16.4 Å². The minimum absolute atomic E-state index is 0.0103. The number of nitrogens with one attached hydrogen (secondary N) is 2. The number of aliphatic hydroxyl groups excluding tert-OH is 1. The number of aromatic nitrogens is 4. The Hall–Kier alpha value is -4.55. The van der Waals surface area contributed by atoms with E-state index in [4.69, 9.17) is 9.47 Å². The highest BCUT2D eigenvalue weighted by Crippen LogP contribution is 2.43. The molecule has 242 valence electrons. The molecule has 0 saturated carbocycles. The number of urea groups is 1. The Labute approximate surface area is 278 Å². The maximum atomic E-state index is 12.4. The highest BCUT2D eigenvalue weighted by Gasteiger charge is 2.38. The molecule has 1 aliphatic heterocycles. The van der Waals surface area contributed by atoms with Gasteiger partial charge in [0.25, 0.3) is 0 Å². The quantitative estimate of drug-likeness (QED) is 0.150. The third-order valence-corrected chi connectivity index (χ3v) is 9.35. The summed E-state index contributed by atoms with van der Waals surface area (Å²) in [6.45, 7) is 3.00. The first-order valence-electron chi connectivity index (χ1n) is 15.6. The van der Waals surface area contributed by atoms with Crippen molar-refractivity contribution in [3.63, 3.8) is 0 Å². The van der Waals surface area contributed by atoms with Gasteiger partial charge in [-0.1, -0.05) is 110 Å². The van der Waals surface area contributed by atoms with Crippen molar-refractivity contribution in [2.75, 3.05) is 5.75 Å². The first kappa shape index (κ1) is 32.4. The third-order valence-electron chi connectivity index (χ3n) is 8.25. The van der Waals surface area contributed by atoms with Gasteiger partial charge in [-0.05, 0) is 55.9 Å². The lowest BCUT2D eigenvalue weighted by atomic mass is 9.91. The summed E-state index contributed by atoms with van der Waals surface area (Å²) in [7, 11) is 1.82. The normalized spacial score (nSPS) is 19.3. The van der Waals surface area contributed by atoms with Crippen LogP contribution in [0.1, 0.15) is 47.1 Å². The second-order valence-corrected chi connectivity index (χ2v) is 12.6. The van der Waals surface area contributed by atoms with E-state index in [0.717, 1.165) is 44.1 Å². The van der Waals surface area contributed by atoms with Gasteiger partial charge in [0.15, 0.2) is 6.29 Å². The minimum Gasteiger partial charge on any atom is -0.392 e. The molecular weight excluding hydrogens is 613 g/mol. The van der Waals surface area contributed by atoms with E-state index >= 15 is 0 Å². The summed E-state index contributed by atoms with van der Waals surface area (Å²) >= 11 is 1.55. The standard InChI is InChI=1S/C36H38N6O4S/c1-24-32(23-47-36-39-40-41-42(36)2)45-34(46-33(24)28-16-14-26(22-43)15-17-28)31-13-7-12-30(19-31)29-11-6-10-27(18-29)21-38-35(44)37-20-25-8-4-3-5-9-25/h3-19,24,32-34,43H,20-23H2,1-2H3,(H2,37,38,44)/t24-,32+,33+,34+/m0/s1. The van der Waals surface area contributed by atoms with Crippen molar-refractivity contribution in [1.29, 1.82) is 0 Å². The van der Waals surface area contributed by atoms with E-state index in [0.29, 0.717) is 18.8 Å².